The van der Waals surface area contributed by atoms with E-state index in [0.717, 1.165) is 16.5 Å². The number of fused-ring (bicyclic) bond motifs is 1. The molecule has 1 unspecified atom stereocenters. The van der Waals surface area contributed by atoms with Gasteiger partial charge in [0, 0.05) is 11.6 Å². The highest BCUT2D eigenvalue weighted by molar-refractivity contribution is 5.83. The number of hydrogen-bond acceptors (Lipinski definition) is 4. The van der Waals surface area contributed by atoms with Gasteiger partial charge < -0.3 is 10.5 Å². The molecule has 1 aromatic carbocycles. The summed E-state index contributed by atoms with van der Waals surface area (Å²) in [6.07, 6.45) is 2.18. The van der Waals surface area contributed by atoms with Crippen LogP contribution in [-0.2, 0) is 16.0 Å². The molecule has 1 atom stereocenters. The Morgan fingerprint density at radius 2 is 2.18 bits per heavy atom. The first-order chi connectivity index (χ1) is 8.22. The number of nitrogens with zero attached hydrogens (tertiary/aromatic N) is 1. The maximum absolute atomic E-state index is 11.3. The van der Waals surface area contributed by atoms with Crippen molar-refractivity contribution < 1.29 is 9.53 Å². The quantitative estimate of drug-likeness (QED) is 0.807. The Bertz CT molecular complexity index is 534. The fraction of sp³-hybridized carbons (Fsp3) is 0.231. The second-order valence-electron chi connectivity index (χ2n) is 3.82. The van der Waals surface area contributed by atoms with Crippen LogP contribution < -0.4 is 5.73 Å². The van der Waals surface area contributed by atoms with Gasteiger partial charge in [-0.3, -0.25) is 9.78 Å². The Morgan fingerprint density at radius 1 is 1.41 bits per heavy atom. The molecule has 0 saturated heterocycles. The summed E-state index contributed by atoms with van der Waals surface area (Å²) in [6.45, 7) is 0. The molecule has 17 heavy (non-hydrogen) atoms. The summed E-state index contributed by atoms with van der Waals surface area (Å²) in [7, 11) is 1.34. The maximum atomic E-state index is 11.3. The number of esters is 1. The minimum atomic E-state index is -0.634. The van der Waals surface area contributed by atoms with Gasteiger partial charge >= 0.3 is 5.97 Å². The Labute approximate surface area is 99.4 Å². The molecule has 0 bridgehead atoms. The third kappa shape index (κ3) is 2.42. The monoisotopic (exact) mass is 230 g/mol. The van der Waals surface area contributed by atoms with Crippen molar-refractivity contribution in [1.29, 1.82) is 0 Å². The first kappa shape index (κ1) is 11.5. The van der Waals surface area contributed by atoms with Crippen molar-refractivity contribution in [3.8, 4) is 0 Å². The minimum absolute atomic E-state index is 0.397. The predicted octanol–water partition coefficient (Wildman–Crippen LogP) is 1.28. The van der Waals surface area contributed by atoms with E-state index in [1.165, 1.54) is 7.11 Å². The van der Waals surface area contributed by atoms with Crippen LogP contribution in [0.2, 0.25) is 0 Å². The molecule has 0 aliphatic carbocycles. The number of benzene rings is 1. The molecular formula is C13H14N2O2. The summed E-state index contributed by atoms with van der Waals surface area (Å²) in [5.41, 5.74) is 7.67. The van der Waals surface area contributed by atoms with E-state index in [4.69, 9.17) is 5.73 Å². The number of pyridine rings is 1. The van der Waals surface area contributed by atoms with Crippen molar-refractivity contribution in [2.75, 3.05) is 7.11 Å². The molecule has 2 aromatic rings. The van der Waals surface area contributed by atoms with Crippen LogP contribution in [0, 0.1) is 0 Å². The largest absolute Gasteiger partial charge is 0.468 e. The lowest BCUT2D eigenvalue weighted by Crippen LogP contribution is -2.33. The summed E-state index contributed by atoms with van der Waals surface area (Å²) in [4.78, 5) is 15.5. The average molecular weight is 230 g/mol. The van der Waals surface area contributed by atoms with E-state index in [-0.39, 0.29) is 0 Å². The Hall–Kier alpha value is -1.94. The van der Waals surface area contributed by atoms with Crippen molar-refractivity contribution in [3.63, 3.8) is 0 Å². The second kappa shape index (κ2) is 4.93. The molecule has 0 amide bonds. The van der Waals surface area contributed by atoms with E-state index in [1.807, 2.05) is 30.3 Å². The third-order valence-electron chi connectivity index (χ3n) is 2.68. The molecule has 0 aliphatic heterocycles. The lowest BCUT2D eigenvalue weighted by Gasteiger charge is -2.10. The van der Waals surface area contributed by atoms with Crippen LogP contribution in [0.1, 0.15) is 5.56 Å². The molecule has 0 radical (unpaired) electrons. The van der Waals surface area contributed by atoms with Gasteiger partial charge in [-0.15, -0.1) is 0 Å². The number of aromatic nitrogens is 1. The van der Waals surface area contributed by atoms with Gasteiger partial charge in [0.1, 0.15) is 6.04 Å². The summed E-state index contributed by atoms with van der Waals surface area (Å²) < 4.78 is 4.62. The summed E-state index contributed by atoms with van der Waals surface area (Å²) in [5, 5.41) is 1.02. The Morgan fingerprint density at radius 3 is 2.94 bits per heavy atom. The molecule has 4 nitrogen and oxygen atoms in total. The number of para-hydroxylation sites is 1. The molecule has 88 valence electrons. The van der Waals surface area contributed by atoms with Crippen LogP contribution in [0.25, 0.3) is 10.9 Å². The number of carbonyl (C=O) groups is 1. The highest BCUT2D eigenvalue weighted by atomic mass is 16.5. The number of hydrogen-bond donors (Lipinski definition) is 1. The van der Waals surface area contributed by atoms with Gasteiger partial charge in [-0.2, -0.15) is 0 Å². The lowest BCUT2D eigenvalue weighted by atomic mass is 10.0. The highest BCUT2D eigenvalue weighted by Gasteiger charge is 2.15. The van der Waals surface area contributed by atoms with Gasteiger partial charge in [0.05, 0.1) is 12.6 Å². The SMILES string of the molecule is COC(=O)C(N)Cc1ccnc2ccccc12. The van der Waals surface area contributed by atoms with Gasteiger partial charge in [-0.1, -0.05) is 18.2 Å². The van der Waals surface area contributed by atoms with Gasteiger partial charge in [0.15, 0.2) is 0 Å². The summed E-state index contributed by atoms with van der Waals surface area (Å²) >= 11 is 0. The fourth-order valence-corrected chi connectivity index (χ4v) is 1.80. The smallest absolute Gasteiger partial charge is 0.322 e. The average Bonchev–Trinajstić information content (AvgIpc) is 2.38. The van der Waals surface area contributed by atoms with E-state index in [9.17, 15) is 4.79 Å². The van der Waals surface area contributed by atoms with Crippen molar-refractivity contribution in [2.45, 2.75) is 12.5 Å². The second-order valence-corrected chi connectivity index (χ2v) is 3.82. The lowest BCUT2D eigenvalue weighted by molar-refractivity contribution is -0.142. The number of rotatable bonds is 3. The molecule has 1 heterocycles. The minimum Gasteiger partial charge on any atom is -0.468 e. The number of methoxy groups -OCH3 is 1. The molecule has 1 aromatic heterocycles. The van der Waals surface area contributed by atoms with Crippen LogP contribution in [-0.4, -0.2) is 24.1 Å². The molecule has 0 fully saturated rings. The maximum Gasteiger partial charge on any atom is 0.322 e. The van der Waals surface area contributed by atoms with Crippen molar-refractivity contribution in [2.24, 2.45) is 5.73 Å². The van der Waals surface area contributed by atoms with E-state index in [2.05, 4.69) is 9.72 Å². The number of ether oxygens (including phenoxy) is 1. The summed E-state index contributed by atoms with van der Waals surface area (Å²) in [5.74, 6) is -0.397. The fourth-order valence-electron chi connectivity index (χ4n) is 1.80. The van der Waals surface area contributed by atoms with Crippen LogP contribution in [0.4, 0.5) is 0 Å². The first-order valence-corrected chi connectivity index (χ1v) is 5.38. The molecule has 0 aliphatic rings. The van der Waals surface area contributed by atoms with E-state index in [0.29, 0.717) is 6.42 Å². The zero-order valence-electron chi connectivity index (χ0n) is 9.59. The molecule has 4 heteroatoms. The Balaban J connectivity index is 2.33. The molecule has 0 spiro atoms. The van der Waals surface area contributed by atoms with E-state index >= 15 is 0 Å². The molecule has 2 rings (SSSR count). The van der Waals surface area contributed by atoms with Crippen LogP contribution >= 0.6 is 0 Å². The zero-order chi connectivity index (χ0) is 12.3. The van der Waals surface area contributed by atoms with Gasteiger partial charge in [-0.25, -0.2) is 0 Å². The molecular weight excluding hydrogens is 216 g/mol. The standard InChI is InChI=1S/C13H14N2O2/c1-17-13(16)11(14)8-9-6-7-15-12-5-3-2-4-10(9)12/h2-7,11H,8,14H2,1H3. The topological polar surface area (TPSA) is 65.2 Å². The number of nitrogens with two attached hydrogens (primary N) is 1. The van der Waals surface area contributed by atoms with Crippen molar-refractivity contribution >= 4 is 16.9 Å². The van der Waals surface area contributed by atoms with Crippen molar-refractivity contribution in [3.05, 3.63) is 42.1 Å². The molecule has 2 N–H and O–H groups in total. The predicted molar refractivity (Wildman–Crippen MR) is 65.4 cm³/mol. The first-order valence-electron chi connectivity index (χ1n) is 5.38. The van der Waals surface area contributed by atoms with Crippen LogP contribution in [0.15, 0.2) is 36.5 Å². The van der Waals surface area contributed by atoms with Crippen molar-refractivity contribution in [1.82, 2.24) is 4.98 Å². The third-order valence-corrected chi connectivity index (χ3v) is 2.68. The van der Waals surface area contributed by atoms with E-state index in [1.54, 1.807) is 6.20 Å². The van der Waals surface area contributed by atoms with Crippen LogP contribution in [0.5, 0.6) is 0 Å². The Kier molecular flexibility index (Phi) is 3.35. The van der Waals surface area contributed by atoms with Crippen LogP contribution in [0.3, 0.4) is 0 Å². The normalized spacial score (nSPS) is 12.4. The molecule has 0 saturated carbocycles. The zero-order valence-corrected chi connectivity index (χ0v) is 9.59. The van der Waals surface area contributed by atoms with Gasteiger partial charge in [0.25, 0.3) is 0 Å². The number of carbonyl (C=O) groups excluding carboxylic acids is 1. The van der Waals surface area contributed by atoms with E-state index < -0.39 is 12.0 Å². The highest BCUT2D eigenvalue weighted by Crippen LogP contribution is 2.17. The van der Waals surface area contributed by atoms with Gasteiger partial charge in [-0.05, 0) is 24.1 Å². The van der Waals surface area contributed by atoms with Gasteiger partial charge in [0.2, 0.25) is 0 Å². The summed E-state index contributed by atoms with van der Waals surface area (Å²) in [6, 6.07) is 9.03.